The van der Waals surface area contributed by atoms with Crippen molar-refractivity contribution >= 4 is 0 Å². The minimum Gasteiger partial charge on any atom is -0.383 e. The average molecular weight is 330 g/mol. The van der Waals surface area contributed by atoms with Crippen LogP contribution in [-0.2, 0) is 4.74 Å². The summed E-state index contributed by atoms with van der Waals surface area (Å²) in [5, 5.41) is 4.15. The van der Waals surface area contributed by atoms with Crippen molar-refractivity contribution in [3.05, 3.63) is 35.7 Å². The standard InChI is InChI=1S/C18H26N4O2/c1-14-4-6-16(7-5-14)17-19-18(24-20-17)15(2)22-10-8-21(9-11-22)12-13-23-3/h4-7,15H,8-13H2,1-3H3/t15-/m0/s1. The topological polar surface area (TPSA) is 54.6 Å². The van der Waals surface area contributed by atoms with Gasteiger partial charge in [0.1, 0.15) is 0 Å². The van der Waals surface area contributed by atoms with E-state index in [1.54, 1.807) is 7.11 Å². The predicted molar refractivity (Wildman–Crippen MR) is 92.8 cm³/mol. The van der Waals surface area contributed by atoms with E-state index >= 15 is 0 Å². The maximum Gasteiger partial charge on any atom is 0.244 e. The number of benzene rings is 1. The molecule has 1 atom stereocenters. The first-order chi connectivity index (χ1) is 11.7. The number of aryl methyl sites for hydroxylation is 1. The minimum absolute atomic E-state index is 0.140. The Morgan fingerprint density at radius 3 is 2.54 bits per heavy atom. The van der Waals surface area contributed by atoms with Crippen molar-refractivity contribution in [1.82, 2.24) is 19.9 Å². The van der Waals surface area contributed by atoms with Gasteiger partial charge in [-0.15, -0.1) is 0 Å². The molecule has 0 bridgehead atoms. The molecule has 0 amide bonds. The number of ether oxygens (including phenoxy) is 1. The van der Waals surface area contributed by atoms with Crippen LogP contribution in [0.5, 0.6) is 0 Å². The quantitative estimate of drug-likeness (QED) is 0.810. The lowest BCUT2D eigenvalue weighted by Crippen LogP contribution is -2.47. The molecule has 1 aliphatic heterocycles. The van der Waals surface area contributed by atoms with E-state index in [2.05, 4.69) is 45.9 Å². The first kappa shape index (κ1) is 17.1. The molecule has 1 aromatic heterocycles. The largest absolute Gasteiger partial charge is 0.383 e. The van der Waals surface area contributed by atoms with Gasteiger partial charge >= 0.3 is 0 Å². The summed E-state index contributed by atoms with van der Waals surface area (Å²) in [5.41, 5.74) is 2.22. The molecule has 0 spiro atoms. The Morgan fingerprint density at radius 1 is 1.17 bits per heavy atom. The molecular weight excluding hydrogens is 304 g/mol. The monoisotopic (exact) mass is 330 g/mol. The van der Waals surface area contributed by atoms with Crippen molar-refractivity contribution in [2.24, 2.45) is 0 Å². The van der Waals surface area contributed by atoms with Crippen LogP contribution in [0.1, 0.15) is 24.4 Å². The van der Waals surface area contributed by atoms with Gasteiger partial charge in [-0.2, -0.15) is 4.98 Å². The molecule has 1 saturated heterocycles. The van der Waals surface area contributed by atoms with Gasteiger partial charge in [0.05, 0.1) is 12.6 Å². The van der Waals surface area contributed by atoms with Gasteiger partial charge in [-0.1, -0.05) is 35.0 Å². The molecule has 130 valence electrons. The van der Waals surface area contributed by atoms with Crippen LogP contribution in [0.4, 0.5) is 0 Å². The van der Waals surface area contributed by atoms with Crippen LogP contribution in [0.25, 0.3) is 11.4 Å². The summed E-state index contributed by atoms with van der Waals surface area (Å²) in [7, 11) is 1.75. The van der Waals surface area contributed by atoms with Gasteiger partial charge in [0.25, 0.3) is 0 Å². The van der Waals surface area contributed by atoms with Crippen LogP contribution in [0.3, 0.4) is 0 Å². The second-order valence-corrected chi connectivity index (χ2v) is 6.37. The van der Waals surface area contributed by atoms with E-state index in [0.717, 1.165) is 44.9 Å². The summed E-state index contributed by atoms with van der Waals surface area (Å²) >= 11 is 0. The minimum atomic E-state index is 0.140. The Labute approximate surface area is 143 Å². The lowest BCUT2D eigenvalue weighted by atomic mass is 10.1. The third-order valence-corrected chi connectivity index (χ3v) is 4.68. The van der Waals surface area contributed by atoms with E-state index < -0.39 is 0 Å². The Kier molecular flexibility index (Phi) is 5.60. The van der Waals surface area contributed by atoms with Crippen molar-refractivity contribution in [3.8, 4) is 11.4 Å². The van der Waals surface area contributed by atoms with Crippen LogP contribution in [0, 0.1) is 6.92 Å². The third kappa shape index (κ3) is 4.01. The fourth-order valence-corrected chi connectivity index (χ4v) is 2.98. The molecule has 0 aliphatic carbocycles. The molecule has 1 aromatic carbocycles. The fraction of sp³-hybridized carbons (Fsp3) is 0.556. The van der Waals surface area contributed by atoms with Crippen LogP contribution >= 0.6 is 0 Å². The zero-order chi connectivity index (χ0) is 16.9. The van der Waals surface area contributed by atoms with Crippen LogP contribution < -0.4 is 0 Å². The van der Waals surface area contributed by atoms with Crippen LogP contribution in [0.2, 0.25) is 0 Å². The highest BCUT2D eigenvalue weighted by atomic mass is 16.5. The van der Waals surface area contributed by atoms with Crippen molar-refractivity contribution in [3.63, 3.8) is 0 Å². The number of methoxy groups -OCH3 is 1. The van der Waals surface area contributed by atoms with Crippen molar-refractivity contribution in [1.29, 1.82) is 0 Å². The van der Waals surface area contributed by atoms with Crippen LogP contribution in [-0.4, -0.2) is 66.4 Å². The predicted octanol–water partition coefficient (Wildman–Crippen LogP) is 2.37. The van der Waals surface area contributed by atoms with E-state index in [0.29, 0.717) is 11.7 Å². The molecule has 0 N–H and O–H groups in total. The first-order valence-corrected chi connectivity index (χ1v) is 8.53. The normalized spacial score (nSPS) is 18.0. The zero-order valence-electron chi connectivity index (χ0n) is 14.7. The van der Waals surface area contributed by atoms with Crippen molar-refractivity contribution < 1.29 is 9.26 Å². The Balaban J connectivity index is 1.60. The second-order valence-electron chi connectivity index (χ2n) is 6.37. The SMILES string of the molecule is COCCN1CCN([C@@H](C)c2nc(-c3ccc(C)cc3)no2)CC1. The molecule has 1 aliphatic rings. The molecule has 2 heterocycles. The summed E-state index contributed by atoms with van der Waals surface area (Å²) in [5.74, 6) is 1.35. The van der Waals surface area contributed by atoms with Gasteiger partial charge in [0.15, 0.2) is 0 Å². The lowest BCUT2D eigenvalue weighted by molar-refractivity contribution is 0.0697. The van der Waals surface area contributed by atoms with Gasteiger partial charge in [0, 0.05) is 45.4 Å². The Bertz CT molecular complexity index is 633. The summed E-state index contributed by atoms with van der Waals surface area (Å²) in [6.45, 7) is 10.1. The number of piperazine rings is 1. The summed E-state index contributed by atoms with van der Waals surface area (Å²) in [6.07, 6.45) is 0. The molecule has 6 nitrogen and oxygen atoms in total. The number of hydrogen-bond acceptors (Lipinski definition) is 6. The highest BCUT2D eigenvalue weighted by Gasteiger charge is 2.25. The maximum absolute atomic E-state index is 5.52. The maximum atomic E-state index is 5.52. The van der Waals surface area contributed by atoms with E-state index in [9.17, 15) is 0 Å². The first-order valence-electron chi connectivity index (χ1n) is 8.53. The molecule has 0 radical (unpaired) electrons. The molecule has 6 heteroatoms. The summed E-state index contributed by atoms with van der Waals surface area (Å²) in [6, 6.07) is 8.33. The summed E-state index contributed by atoms with van der Waals surface area (Å²) in [4.78, 5) is 9.43. The number of aromatic nitrogens is 2. The molecule has 2 aromatic rings. The van der Waals surface area contributed by atoms with E-state index in [1.165, 1.54) is 5.56 Å². The molecule has 1 fully saturated rings. The third-order valence-electron chi connectivity index (χ3n) is 4.68. The molecule has 24 heavy (non-hydrogen) atoms. The number of nitrogens with zero attached hydrogens (tertiary/aromatic N) is 4. The highest BCUT2D eigenvalue weighted by molar-refractivity contribution is 5.54. The van der Waals surface area contributed by atoms with Gasteiger partial charge in [-0.25, -0.2) is 0 Å². The van der Waals surface area contributed by atoms with Crippen molar-refractivity contribution in [2.75, 3.05) is 46.4 Å². The zero-order valence-corrected chi connectivity index (χ0v) is 14.7. The lowest BCUT2D eigenvalue weighted by Gasteiger charge is -2.36. The molecular formula is C18H26N4O2. The summed E-state index contributed by atoms with van der Waals surface area (Å²) < 4.78 is 10.7. The number of rotatable bonds is 6. The molecule has 0 saturated carbocycles. The molecule has 0 unspecified atom stereocenters. The molecule has 3 rings (SSSR count). The van der Waals surface area contributed by atoms with Crippen molar-refractivity contribution in [2.45, 2.75) is 19.9 Å². The van der Waals surface area contributed by atoms with Gasteiger partial charge in [0.2, 0.25) is 11.7 Å². The second kappa shape index (κ2) is 7.88. The Hall–Kier alpha value is -1.76. The van der Waals surface area contributed by atoms with E-state index in [-0.39, 0.29) is 6.04 Å². The number of hydrogen-bond donors (Lipinski definition) is 0. The van der Waals surface area contributed by atoms with Crippen LogP contribution in [0.15, 0.2) is 28.8 Å². The van der Waals surface area contributed by atoms with Gasteiger partial charge in [-0.3, -0.25) is 9.80 Å². The smallest absolute Gasteiger partial charge is 0.244 e. The van der Waals surface area contributed by atoms with E-state index in [1.807, 2.05) is 12.1 Å². The Morgan fingerprint density at radius 2 is 1.88 bits per heavy atom. The fourth-order valence-electron chi connectivity index (χ4n) is 2.98. The van der Waals surface area contributed by atoms with Gasteiger partial charge < -0.3 is 9.26 Å². The van der Waals surface area contributed by atoms with Gasteiger partial charge in [-0.05, 0) is 13.8 Å². The highest BCUT2D eigenvalue weighted by Crippen LogP contribution is 2.23. The van der Waals surface area contributed by atoms with E-state index in [4.69, 9.17) is 9.26 Å². The average Bonchev–Trinajstić information content (AvgIpc) is 3.10.